The molecule has 0 unspecified atom stereocenters. The number of aryl methyl sites for hydroxylation is 1. The molecule has 0 N–H and O–H groups in total. The lowest BCUT2D eigenvalue weighted by Gasteiger charge is -2.07. The summed E-state index contributed by atoms with van der Waals surface area (Å²) in [6.45, 7) is 1.49. The Kier molecular flexibility index (Phi) is 5.14. The Hall–Kier alpha value is -2.82. The number of rotatable bonds is 5. The zero-order valence-corrected chi connectivity index (χ0v) is 12.4. The van der Waals surface area contributed by atoms with E-state index in [9.17, 15) is 9.59 Å². The minimum Gasteiger partial charge on any atom is -0.497 e. The number of carbonyl (C=O) groups is 2. The van der Waals surface area contributed by atoms with E-state index in [1.807, 2.05) is 6.92 Å². The fourth-order valence-electron chi connectivity index (χ4n) is 1.72. The minimum atomic E-state index is -0.570. The molecule has 0 fully saturated rings. The van der Waals surface area contributed by atoms with Gasteiger partial charge in [-0.25, -0.2) is 9.59 Å². The average molecular weight is 300 g/mol. The van der Waals surface area contributed by atoms with E-state index in [4.69, 9.17) is 14.2 Å². The first-order chi connectivity index (χ1) is 10.6. The molecule has 0 atom stereocenters. The second-order valence-corrected chi connectivity index (χ2v) is 4.58. The van der Waals surface area contributed by atoms with Crippen molar-refractivity contribution in [1.29, 1.82) is 0 Å². The van der Waals surface area contributed by atoms with Gasteiger partial charge in [-0.05, 0) is 43.3 Å². The summed E-state index contributed by atoms with van der Waals surface area (Å²) in [5, 5.41) is 0. The van der Waals surface area contributed by atoms with Gasteiger partial charge in [0.15, 0.2) is 0 Å². The van der Waals surface area contributed by atoms with E-state index in [1.54, 1.807) is 48.5 Å². The molecular weight excluding hydrogens is 284 g/mol. The molecule has 0 heterocycles. The Labute approximate surface area is 128 Å². The molecule has 0 aliphatic rings. The molecule has 2 aromatic carbocycles. The van der Waals surface area contributed by atoms with Gasteiger partial charge in [0.2, 0.25) is 6.79 Å². The quantitative estimate of drug-likeness (QED) is 0.627. The molecule has 0 saturated carbocycles. The summed E-state index contributed by atoms with van der Waals surface area (Å²) < 4.78 is 14.8. The van der Waals surface area contributed by atoms with Gasteiger partial charge in [0.05, 0.1) is 18.2 Å². The third-order valence-corrected chi connectivity index (χ3v) is 2.99. The van der Waals surface area contributed by atoms with Crippen LogP contribution in [0, 0.1) is 6.92 Å². The van der Waals surface area contributed by atoms with Crippen molar-refractivity contribution < 1.29 is 23.8 Å². The number of esters is 2. The van der Waals surface area contributed by atoms with Crippen molar-refractivity contribution in [2.24, 2.45) is 0 Å². The number of hydrogen-bond acceptors (Lipinski definition) is 5. The highest BCUT2D eigenvalue weighted by Gasteiger charge is 2.10. The van der Waals surface area contributed by atoms with Crippen molar-refractivity contribution in [3.05, 3.63) is 65.2 Å². The maximum atomic E-state index is 11.8. The van der Waals surface area contributed by atoms with E-state index in [0.717, 1.165) is 5.56 Å². The van der Waals surface area contributed by atoms with Crippen LogP contribution in [0.5, 0.6) is 5.75 Å². The van der Waals surface area contributed by atoms with E-state index in [0.29, 0.717) is 16.9 Å². The van der Waals surface area contributed by atoms with E-state index >= 15 is 0 Å². The van der Waals surface area contributed by atoms with Crippen LogP contribution in [0.4, 0.5) is 0 Å². The fourth-order valence-corrected chi connectivity index (χ4v) is 1.72. The topological polar surface area (TPSA) is 61.8 Å². The molecule has 2 rings (SSSR count). The Morgan fingerprint density at radius 3 is 1.73 bits per heavy atom. The number of carbonyl (C=O) groups excluding carboxylic acids is 2. The first kappa shape index (κ1) is 15.6. The Morgan fingerprint density at radius 1 is 0.818 bits per heavy atom. The van der Waals surface area contributed by atoms with Crippen molar-refractivity contribution in [2.75, 3.05) is 13.9 Å². The van der Waals surface area contributed by atoms with Gasteiger partial charge in [-0.3, -0.25) is 0 Å². The summed E-state index contributed by atoms with van der Waals surface area (Å²) in [5.74, 6) is -0.468. The maximum absolute atomic E-state index is 11.8. The molecule has 5 nitrogen and oxygen atoms in total. The third kappa shape index (κ3) is 4.09. The lowest BCUT2D eigenvalue weighted by Crippen LogP contribution is -2.13. The SMILES string of the molecule is COc1ccc(C(=O)OCOC(=O)c2ccc(C)cc2)cc1. The van der Waals surface area contributed by atoms with Gasteiger partial charge in [-0.2, -0.15) is 0 Å². The molecule has 0 aliphatic carbocycles. The second kappa shape index (κ2) is 7.26. The summed E-state index contributed by atoms with van der Waals surface area (Å²) in [4.78, 5) is 23.5. The van der Waals surface area contributed by atoms with E-state index in [2.05, 4.69) is 0 Å². The van der Waals surface area contributed by atoms with Gasteiger partial charge in [0, 0.05) is 0 Å². The Bertz CT molecular complexity index is 644. The molecule has 0 saturated heterocycles. The minimum absolute atomic E-state index is 0.354. The first-order valence-corrected chi connectivity index (χ1v) is 6.65. The largest absolute Gasteiger partial charge is 0.497 e. The zero-order chi connectivity index (χ0) is 15.9. The van der Waals surface area contributed by atoms with Crippen LogP contribution in [0.25, 0.3) is 0 Å². The van der Waals surface area contributed by atoms with Crippen molar-refractivity contribution >= 4 is 11.9 Å². The molecule has 114 valence electrons. The molecule has 0 radical (unpaired) electrons. The van der Waals surface area contributed by atoms with Crippen LogP contribution >= 0.6 is 0 Å². The molecule has 0 aromatic heterocycles. The van der Waals surface area contributed by atoms with E-state index in [1.165, 1.54) is 7.11 Å². The van der Waals surface area contributed by atoms with Crippen LogP contribution in [0.1, 0.15) is 26.3 Å². The first-order valence-electron chi connectivity index (χ1n) is 6.65. The van der Waals surface area contributed by atoms with Crippen molar-refractivity contribution in [2.45, 2.75) is 6.92 Å². The predicted molar refractivity (Wildman–Crippen MR) is 79.9 cm³/mol. The third-order valence-electron chi connectivity index (χ3n) is 2.99. The summed E-state index contributed by atoms with van der Waals surface area (Å²) in [6.07, 6.45) is 0. The van der Waals surface area contributed by atoms with Crippen LogP contribution in [-0.4, -0.2) is 25.8 Å². The van der Waals surface area contributed by atoms with Gasteiger partial charge in [-0.1, -0.05) is 17.7 Å². The predicted octanol–water partition coefficient (Wildman–Crippen LogP) is 2.97. The van der Waals surface area contributed by atoms with Gasteiger partial charge >= 0.3 is 11.9 Å². The van der Waals surface area contributed by atoms with Crippen molar-refractivity contribution in [3.63, 3.8) is 0 Å². The average Bonchev–Trinajstić information content (AvgIpc) is 2.55. The normalized spacial score (nSPS) is 9.91. The van der Waals surface area contributed by atoms with Crippen molar-refractivity contribution in [1.82, 2.24) is 0 Å². The Balaban J connectivity index is 1.83. The molecule has 2 aromatic rings. The summed E-state index contributed by atoms with van der Waals surface area (Å²) in [6, 6.07) is 13.4. The number of hydrogen-bond donors (Lipinski definition) is 0. The standard InChI is InChI=1S/C17H16O5/c1-12-3-5-13(6-4-12)16(18)21-11-22-17(19)14-7-9-15(20-2)10-8-14/h3-10H,11H2,1-2H3. The highest BCUT2D eigenvalue weighted by Crippen LogP contribution is 2.12. The van der Waals surface area contributed by atoms with Crippen LogP contribution in [0.15, 0.2) is 48.5 Å². The lowest BCUT2D eigenvalue weighted by atomic mass is 10.2. The number of benzene rings is 2. The second-order valence-electron chi connectivity index (χ2n) is 4.58. The summed E-state index contributed by atoms with van der Waals surface area (Å²) in [5.41, 5.74) is 1.81. The monoisotopic (exact) mass is 300 g/mol. The summed E-state index contributed by atoms with van der Waals surface area (Å²) in [7, 11) is 1.54. The van der Waals surface area contributed by atoms with Gasteiger partial charge in [-0.15, -0.1) is 0 Å². The number of ether oxygens (including phenoxy) is 3. The smallest absolute Gasteiger partial charge is 0.341 e. The molecule has 0 aliphatic heterocycles. The van der Waals surface area contributed by atoms with Crippen molar-refractivity contribution in [3.8, 4) is 5.75 Å². The molecular formula is C17H16O5. The van der Waals surface area contributed by atoms with E-state index in [-0.39, 0.29) is 0 Å². The molecule has 0 amide bonds. The number of methoxy groups -OCH3 is 1. The summed E-state index contributed by atoms with van der Waals surface area (Å²) >= 11 is 0. The molecule has 22 heavy (non-hydrogen) atoms. The van der Waals surface area contributed by atoms with Gasteiger partial charge in [0.25, 0.3) is 0 Å². The van der Waals surface area contributed by atoms with E-state index < -0.39 is 18.7 Å². The highest BCUT2D eigenvalue weighted by molar-refractivity contribution is 5.90. The van der Waals surface area contributed by atoms with Crippen LogP contribution < -0.4 is 4.74 Å². The fraction of sp³-hybridized carbons (Fsp3) is 0.176. The van der Waals surface area contributed by atoms with Gasteiger partial charge in [0.1, 0.15) is 5.75 Å². The highest BCUT2D eigenvalue weighted by atomic mass is 16.7. The van der Waals surface area contributed by atoms with Crippen LogP contribution in [0.3, 0.4) is 0 Å². The molecule has 0 spiro atoms. The Morgan fingerprint density at radius 2 is 1.27 bits per heavy atom. The van der Waals surface area contributed by atoms with Crippen LogP contribution in [0.2, 0.25) is 0 Å². The molecule has 5 heteroatoms. The molecule has 0 bridgehead atoms. The van der Waals surface area contributed by atoms with Gasteiger partial charge < -0.3 is 14.2 Å². The zero-order valence-electron chi connectivity index (χ0n) is 12.4. The van der Waals surface area contributed by atoms with Crippen LogP contribution in [-0.2, 0) is 9.47 Å². The lowest BCUT2D eigenvalue weighted by molar-refractivity contribution is -0.0167. The maximum Gasteiger partial charge on any atom is 0.341 e.